The zero-order valence-electron chi connectivity index (χ0n) is 10.3. The molecule has 1 aliphatic rings. The summed E-state index contributed by atoms with van der Waals surface area (Å²) in [4.78, 5) is 10.5. The number of carbonyl (C=O) groups is 1. The topological polar surface area (TPSA) is 26.3 Å². The van der Waals surface area contributed by atoms with Crippen LogP contribution in [0.1, 0.15) is 25.7 Å². The summed E-state index contributed by atoms with van der Waals surface area (Å²) in [5.74, 6) is -0.0255. The zero-order chi connectivity index (χ0) is 11.7. The SMILES string of the molecule is C=CC[N+](C)(C)C.O=C1CCCCCO1. The van der Waals surface area contributed by atoms with Crippen LogP contribution in [-0.2, 0) is 9.53 Å². The van der Waals surface area contributed by atoms with Crippen LogP contribution in [0.25, 0.3) is 0 Å². The van der Waals surface area contributed by atoms with Crippen LogP contribution in [0.4, 0.5) is 0 Å². The van der Waals surface area contributed by atoms with Gasteiger partial charge in [-0.1, -0.05) is 6.58 Å². The number of nitrogens with zero attached hydrogens (tertiary/aromatic N) is 1. The molecule has 0 aliphatic carbocycles. The summed E-state index contributed by atoms with van der Waals surface area (Å²) in [5, 5.41) is 0. The van der Waals surface area contributed by atoms with E-state index < -0.39 is 0 Å². The van der Waals surface area contributed by atoms with Gasteiger partial charge in [-0.25, -0.2) is 0 Å². The lowest BCUT2D eigenvalue weighted by atomic mass is 10.2. The predicted molar refractivity (Wildman–Crippen MR) is 62.5 cm³/mol. The van der Waals surface area contributed by atoms with Crippen molar-refractivity contribution >= 4 is 5.97 Å². The number of carbonyl (C=O) groups excluding carboxylic acids is 1. The quantitative estimate of drug-likeness (QED) is 0.399. The van der Waals surface area contributed by atoms with Gasteiger partial charge in [0.1, 0.15) is 0 Å². The fraction of sp³-hybridized carbons (Fsp3) is 0.750. The summed E-state index contributed by atoms with van der Waals surface area (Å²) in [6, 6.07) is 0. The molecular formula is C12H24NO2+. The Morgan fingerprint density at radius 2 is 2.00 bits per heavy atom. The average molecular weight is 214 g/mol. The lowest BCUT2D eigenvalue weighted by Crippen LogP contribution is -2.33. The second-order valence-electron chi connectivity index (χ2n) is 4.79. The summed E-state index contributed by atoms with van der Waals surface area (Å²) in [5.41, 5.74) is 0. The Labute approximate surface area is 93.3 Å². The number of ether oxygens (including phenoxy) is 1. The van der Waals surface area contributed by atoms with Crippen LogP contribution in [-0.4, -0.2) is 44.7 Å². The molecule has 0 atom stereocenters. The van der Waals surface area contributed by atoms with Crippen molar-refractivity contribution in [1.82, 2.24) is 0 Å². The van der Waals surface area contributed by atoms with Gasteiger partial charge in [0, 0.05) is 6.42 Å². The van der Waals surface area contributed by atoms with Gasteiger partial charge in [-0.2, -0.15) is 0 Å². The van der Waals surface area contributed by atoms with Crippen molar-refractivity contribution < 1.29 is 14.0 Å². The molecule has 0 radical (unpaired) electrons. The van der Waals surface area contributed by atoms with Crippen LogP contribution in [0, 0.1) is 0 Å². The maximum Gasteiger partial charge on any atom is 0.305 e. The largest absolute Gasteiger partial charge is 0.466 e. The van der Waals surface area contributed by atoms with E-state index in [1.807, 2.05) is 6.08 Å². The van der Waals surface area contributed by atoms with E-state index in [4.69, 9.17) is 4.74 Å². The van der Waals surface area contributed by atoms with Gasteiger partial charge in [0.05, 0.1) is 34.3 Å². The lowest BCUT2D eigenvalue weighted by molar-refractivity contribution is -0.864. The Hall–Kier alpha value is -0.830. The van der Waals surface area contributed by atoms with Gasteiger partial charge >= 0.3 is 5.97 Å². The predicted octanol–water partition coefficient (Wildman–Crippen LogP) is 1.98. The Bertz CT molecular complexity index is 184. The maximum atomic E-state index is 10.5. The normalized spacial score (nSPS) is 16.9. The van der Waals surface area contributed by atoms with Gasteiger partial charge in [0.2, 0.25) is 0 Å². The number of likely N-dealkylation sites (N-methyl/N-ethyl adjacent to an activating group) is 1. The summed E-state index contributed by atoms with van der Waals surface area (Å²) < 4.78 is 5.74. The Balaban J connectivity index is 0.000000265. The molecule has 0 aromatic rings. The summed E-state index contributed by atoms with van der Waals surface area (Å²) in [6.07, 6.45) is 5.76. The summed E-state index contributed by atoms with van der Waals surface area (Å²) >= 11 is 0. The minimum Gasteiger partial charge on any atom is -0.466 e. The first-order valence-electron chi connectivity index (χ1n) is 5.52. The molecule has 1 fully saturated rings. The van der Waals surface area contributed by atoms with E-state index >= 15 is 0 Å². The molecule has 15 heavy (non-hydrogen) atoms. The first-order chi connectivity index (χ1) is 6.95. The summed E-state index contributed by atoms with van der Waals surface area (Å²) in [7, 11) is 6.42. The average Bonchev–Trinajstić information content (AvgIpc) is 2.31. The van der Waals surface area contributed by atoms with Crippen LogP contribution in [0.3, 0.4) is 0 Å². The molecule has 0 unspecified atom stereocenters. The van der Waals surface area contributed by atoms with Gasteiger partial charge in [-0.05, 0) is 25.3 Å². The maximum absolute atomic E-state index is 10.5. The first-order valence-corrected chi connectivity index (χ1v) is 5.52. The second-order valence-corrected chi connectivity index (χ2v) is 4.79. The van der Waals surface area contributed by atoms with Crippen LogP contribution in [0.15, 0.2) is 12.7 Å². The molecule has 0 spiro atoms. The molecule has 3 heteroatoms. The van der Waals surface area contributed by atoms with Crippen molar-refractivity contribution in [2.45, 2.75) is 25.7 Å². The molecule has 0 N–H and O–H groups in total. The van der Waals surface area contributed by atoms with Crippen molar-refractivity contribution in [2.75, 3.05) is 34.3 Å². The molecule has 1 rings (SSSR count). The van der Waals surface area contributed by atoms with Crippen LogP contribution >= 0.6 is 0 Å². The van der Waals surface area contributed by atoms with E-state index in [9.17, 15) is 4.79 Å². The number of quaternary nitrogens is 1. The van der Waals surface area contributed by atoms with Crippen molar-refractivity contribution in [1.29, 1.82) is 0 Å². The van der Waals surface area contributed by atoms with Crippen LogP contribution in [0.5, 0.6) is 0 Å². The van der Waals surface area contributed by atoms with E-state index in [0.717, 1.165) is 30.3 Å². The third-order valence-corrected chi connectivity index (χ3v) is 1.97. The van der Waals surface area contributed by atoms with E-state index in [1.165, 1.54) is 0 Å². The fourth-order valence-corrected chi connectivity index (χ4v) is 1.19. The van der Waals surface area contributed by atoms with E-state index in [0.29, 0.717) is 13.0 Å². The molecule has 88 valence electrons. The van der Waals surface area contributed by atoms with Gasteiger partial charge in [0.25, 0.3) is 0 Å². The minimum absolute atomic E-state index is 0.0255. The molecule has 0 amide bonds. The zero-order valence-corrected chi connectivity index (χ0v) is 10.3. The molecule has 0 bridgehead atoms. The van der Waals surface area contributed by atoms with Crippen LogP contribution in [0.2, 0.25) is 0 Å². The van der Waals surface area contributed by atoms with Crippen molar-refractivity contribution in [3.05, 3.63) is 12.7 Å². The molecular weight excluding hydrogens is 190 g/mol. The fourth-order valence-electron chi connectivity index (χ4n) is 1.19. The highest BCUT2D eigenvalue weighted by Crippen LogP contribution is 2.06. The number of hydrogen-bond acceptors (Lipinski definition) is 2. The third-order valence-electron chi connectivity index (χ3n) is 1.97. The Morgan fingerprint density at radius 3 is 2.47 bits per heavy atom. The number of rotatable bonds is 2. The van der Waals surface area contributed by atoms with Crippen molar-refractivity contribution in [3.8, 4) is 0 Å². The number of cyclic esters (lactones) is 1. The first kappa shape index (κ1) is 14.2. The van der Waals surface area contributed by atoms with E-state index in [-0.39, 0.29) is 5.97 Å². The van der Waals surface area contributed by atoms with Crippen LogP contribution < -0.4 is 0 Å². The van der Waals surface area contributed by atoms with Gasteiger partial charge < -0.3 is 9.22 Å². The molecule has 0 saturated carbocycles. The molecule has 1 saturated heterocycles. The van der Waals surface area contributed by atoms with Crippen molar-refractivity contribution in [2.24, 2.45) is 0 Å². The number of hydrogen-bond donors (Lipinski definition) is 0. The molecule has 0 aromatic carbocycles. The Kier molecular flexibility index (Phi) is 7.05. The molecule has 3 nitrogen and oxygen atoms in total. The number of esters is 1. The highest BCUT2D eigenvalue weighted by atomic mass is 16.5. The molecule has 1 heterocycles. The Morgan fingerprint density at radius 1 is 1.33 bits per heavy atom. The highest BCUT2D eigenvalue weighted by molar-refractivity contribution is 5.69. The van der Waals surface area contributed by atoms with Gasteiger partial charge in [-0.3, -0.25) is 4.79 Å². The van der Waals surface area contributed by atoms with E-state index in [1.54, 1.807) is 0 Å². The highest BCUT2D eigenvalue weighted by Gasteiger charge is 2.05. The second kappa shape index (κ2) is 7.46. The standard InChI is InChI=1S/C6H14N.C6H10O2/c1-5-6-7(2,3)4;7-6-4-2-1-3-5-8-6/h5H,1,6H2,2-4H3;1-5H2/q+1;. The minimum atomic E-state index is -0.0255. The third kappa shape index (κ3) is 11.1. The van der Waals surface area contributed by atoms with E-state index in [2.05, 4.69) is 27.7 Å². The smallest absolute Gasteiger partial charge is 0.305 e. The molecule has 1 aliphatic heterocycles. The summed E-state index contributed by atoms with van der Waals surface area (Å²) in [6.45, 7) is 5.31. The monoisotopic (exact) mass is 214 g/mol. The van der Waals surface area contributed by atoms with Crippen molar-refractivity contribution in [3.63, 3.8) is 0 Å². The lowest BCUT2D eigenvalue weighted by Gasteiger charge is -2.21. The van der Waals surface area contributed by atoms with Gasteiger partial charge in [-0.15, -0.1) is 0 Å². The molecule has 0 aromatic heterocycles. The van der Waals surface area contributed by atoms with Gasteiger partial charge in [0.15, 0.2) is 0 Å².